The Kier molecular flexibility index (Phi) is 9.60. The molecular weight excluding hydrogens is 660 g/mol. The third-order valence-corrected chi connectivity index (χ3v) is 14.1. The van der Waals surface area contributed by atoms with Crippen molar-refractivity contribution in [2.75, 3.05) is 13.2 Å². The molecule has 3 aliphatic heterocycles. The molecule has 7 rings (SSSR count). The Morgan fingerprint density at radius 3 is 2.24 bits per heavy atom. The van der Waals surface area contributed by atoms with Crippen molar-refractivity contribution in [3.05, 3.63) is 11.6 Å². The largest absolute Gasteiger partial charge is 0.458 e. The van der Waals surface area contributed by atoms with Crippen LogP contribution in [0.25, 0.3) is 0 Å². The summed E-state index contributed by atoms with van der Waals surface area (Å²) in [6.07, 6.45) is -8.63. The van der Waals surface area contributed by atoms with Crippen molar-refractivity contribution in [3.8, 4) is 0 Å². The van der Waals surface area contributed by atoms with Gasteiger partial charge in [0.1, 0.15) is 55.6 Å². The highest BCUT2D eigenvalue weighted by atomic mass is 16.7. The van der Waals surface area contributed by atoms with Crippen LogP contribution in [0.4, 0.5) is 0 Å². The van der Waals surface area contributed by atoms with Crippen LogP contribution >= 0.6 is 0 Å². The molecule has 0 aromatic rings. The van der Waals surface area contributed by atoms with Crippen LogP contribution < -0.4 is 0 Å². The zero-order valence-electron chi connectivity index (χ0n) is 28.5. The summed E-state index contributed by atoms with van der Waals surface area (Å²) in [7, 11) is 0. The predicted molar refractivity (Wildman–Crippen MR) is 167 cm³/mol. The van der Waals surface area contributed by atoms with Crippen LogP contribution in [0.1, 0.15) is 71.6 Å². The van der Waals surface area contributed by atoms with Crippen LogP contribution in [0.5, 0.6) is 0 Å². The van der Waals surface area contributed by atoms with Gasteiger partial charge in [0.05, 0.1) is 35.4 Å². The molecule has 282 valence electrons. The van der Waals surface area contributed by atoms with Crippen LogP contribution in [-0.2, 0) is 33.3 Å². The molecule has 7 aliphatic rings. The van der Waals surface area contributed by atoms with Crippen LogP contribution in [0.15, 0.2) is 11.6 Å². The fourth-order valence-corrected chi connectivity index (χ4v) is 11.3. The average molecular weight is 713 g/mol. The second-order valence-corrected chi connectivity index (χ2v) is 16.2. The van der Waals surface area contributed by atoms with Gasteiger partial charge in [0.25, 0.3) is 0 Å². The molecule has 0 aromatic carbocycles. The van der Waals surface area contributed by atoms with Gasteiger partial charge in [0, 0.05) is 17.9 Å². The minimum atomic E-state index is -1.71. The molecule has 18 atom stereocenters. The third kappa shape index (κ3) is 5.37. The van der Waals surface area contributed by atoms with E-state index in [0.717, 1.165) is 18.3 Å². The number of hydrogen-bond acceptors (Lipinski definition) is 15. The van der Waals surface area contributed by atoms with Crippen LogP contribution in [0, 0.1) is 28.6 Å². The van der Waals surface area contributed by atoms with Gasteiger partial charge in [-0.25, -0.2) is 4.79 Å². The number of esters is 1. The molecule has 0 amide bonds. The van der Waals surface area contributed by atoms with E-state index in [1.54, 1.807) is 13.0 Å². The maximum absolute atomic E-state index is 13.2. The van der Waals surface area contributed by atoms with E-state index in [4.69, 9.17) is 23.7 Å². The summed E-state index contributed by atoms with van der Waals surface area (Å²) in [5.74, 6) is -0.830. The van der Waals surface area contributed by atoms with Crippen molar-refractivity contribution < 1.29 is 74.1 Å². The molecule has 8 N–H and O–H groups in total. The van der Waals surface area contributed by atoms with Gasteiger partial charge in [-0.15, -0.1) is 0 Å². The Morgan fingerprint density at radius 1 is 0.860 bits per heavy atom. The number of carbonyl (C=O) groups is 2. The molecule has 15 nitrogen and oxygen atoms in total. The number of fused-ring (bicyclic) bond motifs is 5. The molecule has 2 saturated heterocycles. The summed E-state index contributed by atoms with van der Waals surface area (Å²) in [5.41, 5.74) is -3.20. The van der Waals surface area contributed by atoms with E-state index in [0.29, 0.717) is 38.5 Å². The van der Waals surface area contributed by atoms with Crippen LogP contribution in [0.2, 0.25) is 0 Å². The van der Waals surface area contributed by atoms with Crippen molar-refractivity contribution in [1.29, 1.82) is 0 Å². The lowest BCUT2D eigenvalue weighted by molar-refractivity contribution is -0.361. The normalized spacial score (nSPS) is 55.0. The quantitative estimate of drug-likeness (QED) is 0.0858. The van der Waals surface area contributed by atoms with Gasteiger partial charge in [0.15, 0.2) is 12.6 Å². The number of carbonyl (C=O) groups excluding carboxylic acids is 2. The first-order valence-corrected chi connectivity index (χ1v) is 18.0. The van der Waals surface area contributed by atoms with Gasteiger partial charge >= 0.3 is 5.97 Å². The maximum Gasteiger partial charge on any atom is 0.331 e. The standard InChI is InChI=1S/C35H52O15/c1-16-29(50-31-27(42)25(40)24(39)22(13-36)49-31)26(41)28(43)30(47-16)48-18-3-8-33(15-37)20-4-7-32(2)19(17-11-23(38)46-14-17)6-10-35(32,45)21(20)5-9-34(33,44)12-18/h11,15-16,18-22,24-31,36,39-45H,3-10,12-14H2,1-2H3/t16-,18+,19-,20+,21-,22-,24-,25+,26+,27-,28-,29+,30+,31+,32-,33+,34+,35+/m1/s1. The monoisotopic (exact) mass is 712 g/mol. The SMILES string of the molecule is C[C@H]1O[C@@H](O[C@H]2CC[C@]3(C=O)[C@H]4CC[C@]5(C)[C@@H](C6=CC(=O)OC6)CC[C@]5(O)[C@@H]4CC[C@]3(O)C2)[C@H](O)[C@H](O)[C@H]1O[C@@H]1O[C@H](CO)[C@@H](O)[C@H](O)[C@H]1O. The third-order valence-electron chi connectivity index (χ3n) is 14.1. The highest BCUT2D eigenvalue weighted by Gasteiger charge is 2.71. The van der Waals surface area contributed by atoms with Crippen molar-refractivity contribution in [3.63, 3.8) is 0 Å². The minimum absolute atomic E-state index is 0.00102. The summed E-state index contributed by atoms with van der Waals surface area (Å²) in [6, 6.07) is 0. The lowest BCUT2D eigenvalue weighted by Crippen LogP contribution is -2.69. The van der Waals surface area contributed by atoms with Gasteiger partial charge < -0.3 is 69.3 Å². The van der Waals surface area contributed by atoms with E-state index in [-0.39, 0.29) is 43.2 Å². The molecule has 0 spiro atoms. The van der Waals surface area contributed by atoms with Crippen molar-refractivity contribution in [2.45, 2.75) is 150 Å². The zero-order chi connectivity index (χ0) is 36.0. The Bertz CT molecular complexity index is 1340. The van der Waals surface area contributed by atoms with E-state index in [2.05, 4.69) is 6.92 Å². The van der Waals surface area contributed by atoms with Crippen molar-refractivity contribution in [1.82, 2.24) is 0 Å². The highest BCUT2D eigenvalue weighted by molar-refractivity contribution is 5.85. The lowest BCUT2D eigenvalue weighted by Gasteiger charge is -2.65. The number of aliphatic hydroxyl groups is 8. The van der Waals surface area contributed by atoms with E-state index in [1.165, 1.54) is 0 Å². The Hall–Kier alpha value is -1.60. The smallest absolute Gasteiger partial charge is 0.331 e. The van der Waals surface area contributed by atoms with Crippen molar-refractivity contribution >= 4 is 12.3 Å². The first-order chi connectivity index (χ1) is 23.6. The molecule has 50 heavy (non-hydrogen) atoms. The first-order valence-electron chi connectivity index (χ1n) is 18.0. The molecule has 6 fully saturated rings. The highest BCUT2D eigenvalue weighted by Crippen LogP contribution is 2.70. The molecule has 0 radical (unpaired) electrons. The van der Waals surface area contributed by atoms with E-state index >= 15 is 0 Å². The molecule has 0 unspecified atom stereocenters. The van der Waals surface area contributed by atoms with Crippen LogP contribution in [0.3, 0.4) is 0 Å². The Morgan fingerprint density at radius 2 is 1.56 bits per heavy atom. The molecule has 4 saturated carbocycles. The molecule has 3 heterocycles. The molecule has 0 bridgehead atoms. The van der Waals surface area contributed by atoms with E-state index < -0.39 is 96.2 Å². The van der Waals surface area contributed by atoms with Gasteiger partial charge in [-0.05, 0) is 81.6 Å². The van der Waals surface area contributed by atoms with E-state index in [9.17, 15) is 50.4 Å². The zero-order valence-corrected chi connectivity index (χ0v) is 28.5. The first kappa shape index (κ1) is 36.7. The number of aliphatic hydroxyl groups excluding tert-OH is 6. The number of rotatable bonds is 7. The number of ether oxygens (including phenoxy) is 5. The van der Waals surface area contributed by atoms with Gasteiger partial charge in [-0.2, -0.15) is 0 Å². The maximum atomic E-state index is 13.2. The predicted octanol–water partition coefficient (Wildman–Crippen LogP) is -1.43. The van der Waals surface area contributed by atoms with Gasteiger partial charge in [-0.1, -0.05) is 6.92 Å². The number of aldehydes is 1. The van der Waals surface area contributed by atoms with E-state index in [1.807, 2.05) is 0 Å². The summed E-state index contributed by atoms with van der Waals surface area (Å²) < 4.78 is 28.4. The van der Waals surface area contributed by atoms with Crippen LogP contribution in [-0.4, -0.2) is 145 Å². The summed E-state index contributed by atoms with van der Waals surface area (Å²) >= 11 is 0. The number of cyclic esters (lactones) is 1. The molecule has 0 aromatic heterocycles. The second-order valence-electron chi connectivity index (χ2n) is 16.2. The summed E-state index contributed by atoms with van der Waals surface area (Å²) in [6.45, 7) is 3.22. The molecular formula is C35H52O15. The molecule has 4 aliphatic carbocycles. The van der Waals surface area contributed by atoms with Crippen molar-refractivity contribution in [2.24, 2.45) is 28.6 Å². The minimum Gasteiger partial charge on any atom is -0.458 e. The van der Waals surface area contributed by atoms with Gasteiger partial charge in [-0.3, -0.25) is 0 Å². The topological polar surface area (TPSA) is 242 Å². The fourth-order valence-electron chi connectivity index (χ4n) is 11.3. The van der Waals surface area contributed by atoms with Gasteiger partial charge in [0.2, 0.25) is 0 Å². The second kappa shape index (κ2) is 13.1. The average Bonchev–Trinajstić information content (AvgIpc) is 3.64. The Balaban J connectivity index is 1.02. The fraction of sp³-hybridized carbons (Fsp3) is 0.886. The Labute approximate surface area is 290 Å². The summed E-state index contributed by atoms with van der Waals surface area (Å²) in [5, 5.41) is 87.0. The summed E-state index contributed by atoms with van der Waals surface area (Å²) in [4.78, 5) is 25.1. The number of hydrogen-bond donors (Lipinski definition) is 8. The molecule has 15 heteroatoms. The lowest BCUT2D eigenvalue weighted by atomic mass is 9.41.